The van der Waals surface area contributed by atoms with Gasteiger partial charge in [-0.25, -0.2) is 0 Å². The molecule has 0 bridgehead atoms. The van der Waals surface area contributed by atoms with Crippen molar-refractivity contribution in [1.29, 1.82) is 0 Å². The highest BCUT2D eigenvalue weighted by molar-refractivity contribution is 5.93. The van der Waals surface area contributed by atoms with Gasteiger partial charge >= 0.3 is 0 Å². The molecule has 0 saturated carbocycles. The number of benzene rings is 2. The molecular weight excluding hydrogens is 374 g/mol. The molecule has 2 amide bonds. The standard InChI is InChI=1S/C25H25N3O2/c26-25(30)20-13-11-19(12-14-20)22-9-4-10-23(27-22)21-8-5-15-28(17-21)24(29)16-18-6-2-1-3-7-18/h1-4,6-7,9-14,21H,5,8,15-17H2,(H2,26,30)/t21-/m1/s1. The summed E-state index contributed by atoms with van der Waals surface area (Å²) in [5.74, 6) is -0.0434. The predicted octanol–water partition coefficient (Wildman–Crippen LogP) is 3.80. The molecule has 2 heterocycles. The highest BCUT2D eigenvalue weighted by atomic mass is 16.2. The topological polar surface area (TPSA) is 76.3 Å². The Morgan fingerprint density at radius 3 is 2.47 bits per heavy atom. The van der Waals surface area contributed by atoms with Crippen LogP contribution in [-0.2, 0) is 11.2 Å². The summed E-state index contributed by atoms with van der Waals surface area (Å²) >= 11 is 0. The van der Waals surface area contributed by atoms with Gasteiger partial charge in [0.2, 0.25) is 11.8 Å². The zero-order chi connectivity index (χ0) is 20.9. The average Bonchev–Trinajstić information content (AvgIpc) is 2.80. The van der Waals surface area contributed by atoms with E-state index in [4.69, 9.17) is 10.7 Å². The minimum absolute atomic E-state index is 0.170. The van der Waals surface area contributed by atoms with Gasteiger partial charge in [0.15, 0.2) is 0 Å². The number of piperidine rings is 1. The van der Waals surface area contributed by atoms with Gasteiger partial charge < -0.3 is 10.6 Å². The summed E-state index contributed by atoms with van der Waals surface area (Å²) in [4.78, 5) is 30.9. The van der Waals surface area contributed by atoms with Crippen molar-refractivity contribution in [2.24, 2.45) is 5.73 Å². The van der Waals surface area contributed by atoms with Gasteiger partial charge in [-0.05, 0) is 42.7 Å². The number of pyridine rings is 1. The summed E-state index contributed by atoms with van der Waals surface area (Å²) in [7, 11) is 0. The molecule has 0 aliphatic carbocycles. The highest BCUT2D eigenvalue weighted by Crippen LogP contribution is 2.28. The molecule has 5 nitrogen and oxygen atoms in total. The zero-order valence-corrected chi connectivity index (χ0v) is 16.8. The Bertz CT molecular complexity index is 1030. The number of likely N-dealkylation sites (tertiary alicyclic amines) is 1. The first kappa shape index (κ1) is 19.8. The quantitative estimate of drug-likeness (QED) is 0.709. The molecule has 4 rings (SSSR count). The molecule has 1 aliphatic rings. The van der Waals surface area contributed by atoms with E-state index < -0.39 is 5.91 Å². The molecule has 30 heavy (non-hydrogen) atoms. The fourth-order valence-electron chi connectivity index (χ4n) is 3.97. The third-order valence-electron chi connectivity index (χ3n) is 5.63. The Labute approximate surface area is 176 Å². The SMILES string of the molecule is NC(=O)c1ccc(-c2cccc([C@@H]3CCCN(C(=O)Cc4ccccc4)C3)n2)cc1. The summed E-state index contributed by atoms with van der Waals surface area (Å²) in [6, 6.07) is 23.1. The van der Waals surface area contributed by atoms with E-state index in [-0.39, 0.29) is 11.8 Å². The molecule has 1 saturated heterocycles. The zero-order valence-electron chi connectivity index (χ0n) is 16.8. The molecule has 1 fully saturated rings. The molecule has 2 aromatic carbocycles. The lowest BCUT2D eigenvalue weighted by Crippen LogP contribution is -2.40. The molecule has 5 heteroatoms. The van der Waals surface area contributed by atoms with Crippen molar-refractivity contribution in [2.45, 2.75) is 25.2 Å². The highest BCUT2D eigenvalue weighted by Gasteiger charge is 2.25. The van der Waals surface area contributed by atoms with Gasteiger partial charge in [0, 0.05) is 35.8 Å². The van der Waals surface area contributed by atoms with Crippen LogP contribution in [0, 0.1) is 0 Å². The van der Waals surface area contributed by atoms with Gasteiger partial charge in [0.1, 0.15) is 0 Å². The lowest BCUT2D eigenvalue weighted by Gasteiger charge is -2.32. The molecule has 152 valence electrons. The second-order valence-electron chi connectivity index (χ2n) is 7.73. The second kappa shape index (κ2) is 8.91. The van der Waals surface area contributed by atoms with E-state index >= 15 is 0 Å². The Kier molecular flexibility index (Phi) is 5.89. The van der Waals surface area contributed by atoms with E-state index in [2.05, 4.69) is 0 Å². The van der Waals surface area contributed by atoms with Gasteiger partial charge in [0.25, 0.3) is 0 Å². The molecule has 2 N–H and O–H groups in total. The van der Waals surface area contributed by atoms with Crippen LogP contribution < -0.4 is 5.73 Å². The Balaban J connectivity index is 1.47. The van der Waals surface area contributed by atoms with Gasteiger partial charge in [0.05, 0.1) is 12.1 Å². The fourth-order valence-corrected chi connectivity index (χ4v) is 3.97. The molecule has 1 aliphatic heterocycles. The summed E-state index contributed by atoms with van der Waals surface area (Å²) in [5.41, 5.74) is 9.65. The van der Waals surface area contributed by atoms with Crippen molar-refractivity contribution >= 4 is 11.8 Å². The molecule has 0 unspecified atom stereocenters. The van der Waals surface area contributed by atoms with Crippen LogP contribution in [0.4, 0.5) is 0 Å². The first-order valence-corrected chi connectivity index (χ1v) is 10.3. The third kappa shape index (κ3) is 4.57. The van der Waals surface area contributed by atoms with Crippen molar-refractivity contribution in [3.63, 3.8) is 0 Å². The number of aromatic nitrogens is 1. The maximum atomic E-state index is 12.8. The predicted molar refractivity (Wildman–Crippen MR) is 117 cm³/mol. The third-order valence-corrected chi connectivity index (χ3v) is 5.63. The molecule has 0 spiro atoms. The van der Waals surface area contributed by atoms with Crippen molar-refractivity contribution in [2.75, 3.05) is 13.1 Å². The number of rotatable bonds is 5. The maximum absolute atomic E-state index is 12.8. The Hall–Kier alpha value is -3.47. The van der Waals surface area contributed by atoms with E-state index in [1.807, 2.05) is 65.6 Å². The number of primary amides is 1. The first-order chi connectivity index (χ1) is 14.6. The van der Waals surface area contributed by atoms with Gasteiger partial charge in [-0.3, -0.25) is 14.6 Å². The van der Waals surface area contributed by atoms with E-state index in [1.54, 1.807) is 12.1 Å². The summed E-state index contributed by atoms with van der Waals surface area (Å²) in [6.45, 7) is 1.50. The number of nitrogens with two attached hydrogens (primary N) is 1. The maximum Gasteiger partial charge on any atom is 0.248 e. The van der Waals surface area contributed by atoms with E-state index in [0.29, 0.717) is 18.5 Å². The molecule has 3 aromatic rings. The minimum Gasteiger partial charge on any atom is -0.366 e. The van der Waals surface area contributed by atoms with Crippen LogP contribution >= 0.6 is 0 Å². The lowest BCUT2D eigenvalue weighted by atomic mass is 9.93. The number of hydrogen-bond acceptors (Lipinski definition) is 3. The number of nitrogens with zero attached hydrogens (tertiary/aromatic N) is 2. The van der Waals surface area contributed by atoms with Crippen LogP contribution in [0.1, 0.15) is 40.4 Å². The van der Waals surface area contributed by atoms with Crippen LogP contribution in [-0.4, -0.2) is 34.8 Å². The van der Waals surface area contributed by atoms with Gasteiger partial charge in [-0.2, -0.15) is 0 Å². The summed E-state index contributed by atoms with van der Waals surface area (Å²) in [5, 5.41) is 0. The van der Waals surface area contributed by atoms with Crippen molar-refractivity contribution in [3.8, 4) is 11.3 Å². The van der Waals surface area contributed by atoms with Crippen LogP contribution in [0.3, 0.4) is 0 Å². The molecule has 1 aromatic heterocycles. The second-order valence-corrected chi connectivity index (χ2v) is 7.73. The molecule has 0 radical (unpaired) electrons. The number of carbonyl (C=O) groups excluding carboxylic acids is 2. The largest absolute Gasteiger partial charge is 0.366 e. The Morgan fingerprint density at radius 1 is 0.967 bits per heavy atom. The van der Waals surface area contributed by atoms with E-state index in [1.165, 1.54) is 0 Å². The Morgan fingerprint density at radius 2 is 1.73 bits per heavy atom. The normalized spacial score (nSPS) is 16.3. The number of amides is 2. The van der Waals surface area contributed by atoms with Gasteiger partial charge in [-0.1, -0.05) is 48.5 Å². The molecular formula is C25H25N3O2. The average molecular weight is 399 g/mol. The van der Waals surface area contributed by atoms with Crippen LogP contribution in [0.2, 0.25) is 0 Å². The smallest absolute Gasteiger partial charge is 0.248 e. The minimum atomic E-state index is -0.439. The summed E-state index contributed by atoms with van der Waals surface area (Å²) in [6.07, 6.45) is 2.43. The van der Waals surface area contributed by atoms with Crippen LogP contribution in [0.25, 0.3) is 11.3 Å². The monoisotopic (exact) mass is 399 g/mol. The lowest BCUT2D eigenvalue weighted by molar-refractivity contribution is -0.131. The molecule has 1 atom stereocenters. The van der Waals surface area contributed by atoms with Crippen molar-refractivity contribution < 1.29 is 9.59 Å². The number of hydrogen-bond donors (Lipinski definition) is 1. The van der Waals surface area contributed by atoms with Crippen LogP contribution in [0.15, 0.2) is 72.8 Å². The first-order valence-electron chi connectivity index (χ1n) is 10.3. The fraction of sp³-hybridized carbons (Fsp3) is 0.240. The van der Waals surface area contributed by atoms with E-state index in [0.717, 1.165) is 41.9 Å². The van der Waals surface area contributed by atoms with Crippen molar-refractivity contribution in [1.82, 2.24) is 9.88 Å². The number of carbonyl (C=O) groups is 2. The summed E-state index contributed by atoms with van der Waals surface area (Å²) < 4.78 is 0. The van der Waals surface area contributed by atoms with Gasteiger partial charge in [-0.15, -0.1) is 0 Å². The van der Waals surface area contributed by atoms with Crippen molar-refractivity contribution in [3.05, 3.63) is 89.6 Å². The van der Waals surface area contributed by atoms with E-state index in [9.17, 15) is 9.59 Å². The van der Waals surface area contributed by atoms with Crippen LogP contribution in [0.5, 0.6) is 0 Å².